The van der Waals surface area contributed by atoms with E-state index in [9.17, 15) is 4.79 Å². The summed E-state index contributed by atoms with van der Waals surface area (Å²) in [7, 11) is 0. The highest BCUT2D eigenvalue weighted by molar-refractivity contribution is 6.33. The van der Waals surface area contributed by atoms with Crippen LogP contribution < -0.4 is 11.3 Å². The smallest absolute Gasteiger partial charge is 0.281 e. The van der Waals surface area contributed by atoms with Crippen molar-refractivity contribution in [2.24, 2.45) is 5.73 Å². The lowest BCUT2D eigenvalue weighted by Crippen LogP contribution is -2.27. The Bertz CT molecular complexity index is 818. The van der Waals surface area contributed by atoms with Crippen molar-refractivity contribution in [2.75, 3.05) is 0 Å². The van der Waals surface area contributed by atoms with Crippen molar-refractivity contribution in [3.8, 4) is 5.69 Å². The van der Waals surface area contributed by atoms with Crippen LogP contribution in [0.15, 0.2) is 53.6 Å². The van der Waals surface area contributed by atoms with E-state index in [0.717, 1.165) is 11.4 Å². The van der Waals surface area contributed by atoms with Crippen molar-refractivity contribution in [2.45, 2.75) is 13.0 Å². The second kappa shape index (κ2) is 4.81. The number of nitrogens with zero attached hydrogens (tertiary/aromatic N) is 2. The highest BCUT2D eigenvalue weighted by Gasteiger charge is 2.15. The molecule has 4 nitrogen and oxygen atoms in total. The molecule has 102 valence electrons. The van der Waals surface area contributed by atoms with E-state index in [1.165, 1.54) is 0 Å². The molecule has 0 radical (unpaired) electrons. The van der Waals surface area contributed by atoms with E-state index in [-0.39, 0.29) is 11.6 Å². The molecule has 20 heavy (non-hydrogen) atoms. The maximum atomic E-state index is 12.7. The summed E-state index contributed by atoms with van der Waals surface area (Å²) < 4.78 is 3.34. The first-order valence-electron chi connectivity index (χ1n) is 6.32. The normalized spacial score (nSPS) is 12.8. The first-order valence-corrected chi connectivity index (χ1v) is 6.70. The van der Waals surface area contributed by atoms with Crippen LogP contribution in [-0.2, 0) is 0 Å². The molecule has 0 spiro atoms. The molecule has 0 amide bonds. The van der Waals surface area contributed by atoms with Crippen LogP contribution in [0.3, 0.4) is 0 Å². The van der Waals surface area contributed by atoms with Gasteiger partial charge in [-0.1, -0.05) is 29.8 Å². The van der Waals surface area contributed by atoms with Crippen molar-refractivity contribution in [1.82, 2.24) is 8.97 Å². The second-order valence-corrected chi connectivity index (χ2v) is 5.15. The van der Waals surface area contributed by atoms with Crippen molar-refractivity contribution >= 4 is 17.1 Å². The molecule has 2 N–H and O–H groups in total. The summed E-state index contributed by atoms with van der Waals surface area (Å²) in [4.78, 5) is 12.7. The summed E-state index contributed by atoms with van der Waals surface area (Å²) >= 11 is 6.10. The van der Waals surface area contributed by atoms with Gasteiger partial charge in [0.25, 0.3) is 5.56 Å². The Hall–Kier alpha value is -2.04. The Morgan fingerprint density at radius 2 is 1.90 bits per heavy atom. The predicted molar refractivity (Wildman–Crippen MR) is 80.6 cm³/mol. The number of aromatic nitrogens is 2. The maximum absolute atomic E-state index is 12.7. The molecular weight excluding hydrogens is 274 g/mol. The lowest BCUT2D eigenvalue weighted by atomic mass is 10.2. The van der Waals surface area contributed by atoms with Crippen LogP contribution in [0.5, 0.6) is 0 Å². The molecule has 5 heteroatoms. The average molecular weight is 288 g/mol. The zero-order chi connectivity index (χ0) is 14.3. The van der Waals surface area contributed by atoms with Crippen LogP contribution in [-0.4, -0.2) is 8.97 Å². The van der Waals surface area contributed by atoms with Gasteiger partial charge in [-0.25, -0.2) is 0 Å². The summed E-state index contributed by atoms with van der Waals surface area (Å²) in [5.74, 6) is 0. The zero-order valence-corrected chi connectivity index (χ0v) is 11.7. The molecule has 2 aromatic heterocycles. The Morgan fingerprint density at radius 1 is 1.20 bits per heavy atom. The molecule has 0 aliphatic heterocycles. The van der Waals surface area contributed by atoms with Gasteiger partial charge in [0.1, 0.15) is 5.52 Å². The average Bonchev–Trinajstić information content (AvgIpc) is 2.81. The van der Waals surface area contributed by atoms with Gasteiger partial charge >= 0.3 is 0 Å². The van der Waals surface area contributed by atoms with E-state index < -0.39 is 0 Å². The van der Waals surface area contributed by atoms with Crippen LogP contribution >= 0.6 is 11.6 Å². The number of rotatable bonds is 2. The van der Waals surface area contributed by atoms with Crippen molar-refractivity contribution in [3.05, 3.63) is 69.9 Å². The van der Waals surface area contributed by atoms with E-state index in [1.54, 1.807) is 21.2 Å². The third-order valence-electron chi connectivity index (χ3n) is 3.28. The van der Waals surface area contributed by atoms with E-state index >= 15 is 0 Å². The Morgan fingerprint density at radius 3 is 2.55 bits per heavy atom. The molecule has 1 atom stereocenters. The fraction of sp³-hybridized carbons (Fsp3) is 0.133. The van der Waals surface area contributed by atoms with Crippen molar-refractivity contribution in [1.29, 1.82) is 0 Å². The fourth-order valence-electron chi connectivity index (χ4n) is 2.33. The van der Waals surface area contributed by atoms with Crippen LogP contribution in [0.4, 0.5) is 0 Å². The molecule has 0 bridgehead atoms. The molecule has 3 aromatic rings. The number of benzene rings is 1. The second-order valence-electron chi connectivity index (χ2n) is 4.74. The number of nitrogens with two attached hydrogens (primary N) is 1. The Balaban J connectivity index is 2.45. The van der Waals surface area contributed by atoms with E-state index in [2.05, 4.69) is 0 Å². The lowest BCUT2D eigenvalue weighted by molar-refractivity contribution is 0.718. The van der Waals surface area contributed by atoms with Crippen LogP contribution in [0.25, 0.3) is 11.2 Å². The Labute approximate surface area is 121 Å². The maximum Gasteiger partial charge on any atom is 0.281 e. The molecule has 1 aromatic carbocycles. The van der Waals surface area contributed by atoms with E-state index in [4.69, 9.17) is 17.3 Å². The molecule has 0 aliphatic rings. The number of hydrogen-bond donors (Lipinski definition) is 1. The molecule has 0 saturated heterocycles. The van der Waals surface area contributed by atoms with Crippen LogP contribution in [0, 0.1) is 0 Å². The summed E-state index contributed by atoms with van der Waals surface area (Å²) in [5.41, 5.74) is 7.82. The minimum absolute atomic E-state index is 0.166. The van der Waals surface area contributed by atoms with Gasteiger partial charge in [-0.2, -0.15) is 0 Å². The highest BCUT2D eigenvalue weighted by Crippen LogP contribution is 2.20. The van der Waals surface area contributed by atoms with E-state index in [1.807, 2.05) is 43.5 Å². The first-order chi connectivity index (χ1) is 9.59. The molecule has 0 saturated carbocycles. The monoisotopic (exact) mass is 287 g/mol. The van der Waals surface area contributed by atoms with Crippen molar-refractivity contribution < 1.29 is 0 Å². The largest absolute Gasteiger partial charge is 0.323 e. The standard InChI is InChI=1S/C15H14ClN3O/c1-10(17)13-9-18-8-7-12(16)14(18)15(20)19(13)11-5-3-2-4-6-11/h2-10H,17H2,1H3/t10-/m0/s1. The van der Waals surface area contributed by atoms with Gasteiger partial charge in [-0.05, 0) is 25.1 Å². The Kier molecular flexibility index (Phi) is 3.12. The van der Waals surface area contributed by atoms with Gasteiger partial charge in [-0.3, -0.25) is 9.36 Å². The third kappa shape index (κ3) is 1.94. The predicted octanol–water partition coefficient (Wildman–Crippen LogP) is 2.76. The summed E-state index contributed by atoms with van der Waals surface area (Å²) in [6, 6.07) is 10.9. The molecule has 0 fully saturated rings. The molecule has 3 rings (SSSR count). The number of halogens is 1. The summed E-state index contributed by atoms with van der Waals surface area (Å²) in [5, 5.41) is 0.441. The van der Waals surface area contributed by atoms with Crippen LogP contribution in [0.2, 0.25) is 5.02 Å². The zero-order valence-electron chi connectivity index (χ0n) is 11.0. The van der Waals surface area contributed by atoms with Crippen LogP contribution in [0.1, 0.15) is 18.7 Å². The first kappa shape index (κ1) is 13.0. The topological polar surface area (TPSA) is 52.4 Å². The molecule has 0 aliphatic carbocycles. The van der Waals surface area contributed by atoms with Gasteiger partial charge in [-0.15, -0.1) is 0 Å². The quantitative estimate of drug-likeness (QED) is 0.788. The highest BCUT2D eigenvalue weighted by atomic mass is 35.5. The molecule has 0 unspecified atom stereocenters. The fourth-order valence-corrected chi connectivity index (χ4v) is 2.57. The van der Waals surface area contributed by atoms with Gasteiger partial charge in [0.05, 0.1) is 10.7 Å². The van der Waals surface area contributed by atoms with Gasteiger partial charge in [0.2, 0.25) is 0 Å². The number of fused-ring (bicyclic) bond motifs is 1. The molecule has 2 heterocycles. The molecular formula is C15H14ClN3O. The van der Waals surface area contributed by atoms with Gasteiger partial charge in [0.15, 0.2) is 0 Å². The van der Waals surface area contributed by atoms with Gasteiger partial charge < -0.3 is 10.1 Å². The summed E-state index contributed by atoms with van der Waals surface area (Å²) in [6.45, 7) is 1.85. The van der Waals surface area contributed by atoms with Gasteiger partial charge in [0, 0.05) is 24.1 Å². The summed E-state index contributed by atoms with van der Waals surface area (Å²) in [6.07, 6.45) is 3.61. The lowest BCUT2D eigenvalue weighted by Gasteiger charge is -2.16. The number of para-hydroxylation sites is 1. The minimum atomic E-state index is -0.270. The number of hydrogen-bond acceptors (Lipinski definition) is 2. The third-order valence-corrected chi connectivity index (χ3v) is 3.59. The van der Waals surface area contributed by atoms with Crippen molar-refractivity contribution in [3.63, 3.8) is 0 Å². The SMILES string of the molecule is C[C@H](N)c1cn2ccc(Cl)c2c(=O)n1-c1ccccc1. The van der Waals surface area contributed by atoms with E-state index in [0.29, 0.717) is 10.5 Å². The minimum Gasteiger partial charge on any atom is -0.323 e.